The Morgan fingerprint density at radius 3 is 2.84 bits per heavy atom. The summed E-state index contributed by atoms with van der Waals surface area (Å²) in [5.74, 6) is 0.0480. The normalized spacial score (nSPS) is 13.4. The van der Waals surface area contributed by atoms with Crippen LogP contribution in [-0.2, 0) is 20.0 Å². The molecular formula is C24H20F2N4O2. The molecule has 0 aliphatic carbocycles. The van der Waals surface area contributed by atoms with E-state index >= 15 is 0 Å². The minimum atomic E-state index is -2.88. The minimum absolute atomic E-state index is 0.0547. The van der Waals surface area contributed by atoms with Crippen LogP contribution >= 0.6 is 0 Å². The molecule has 0 saturated carbocycles. The number of carbonyl (C=O) groups excluding carboxylic acids is 1. The molecule has 1 aliphatic rings. The number of benzene rings is 2. The summed E-state index contributed by atoms with van der Waals surface area (Å²) < 4.78 is 31.5. The van der Waals surface area contributed by atoms with Crippen molar-refractivity contribution in [1.29, 1.82) is 0 Å². The van der Waals surface area contributed by atoms with Gasteiger partial charge < -0.3 is 9.64 Å². The Balaban J connectivity index is 1.42. The zero-order valence-corrected chi connectivity index (χ0v) is 17.3. The number of carbonyl (C=O) groups is 1. The maximum Gasteiger partial charge on any atom is 0.387 e. The van der Waals surface area contributed by atoms with E-state index in [4.69, 9.17) is 0 Å². The fourth-order valence-corrected chi connectivity index (χ4v) is 4.26. The van der Waals surface area contributed by atoms with Crippen LogP contribution in [0.5, 0.6) is 5.75 Å². The Morgan fingerprint density at radius 2 is 2.00 bits per heavy atom. The summed E-state index contributed by atoms with van der Waals surface area (Å²) in [5, 5.41) is 5.54. The summed E-state index contributed by atoms with van der Waals surface area (Å²) in [6.45, 7) is -1.94. The van der Waals surface area contributed by atoms with E-state index in [0.29, 0.717) is 25.1 Å². The van der Waals surface area contributed by atoms with Gasteiger partial charge in [0.15, 0.2) is 0 Å². The molecule has 32 heavy (non-hydrogen) atoms. The van der Waals surface area contributed by atoms with Crippen molar-refractivity contribution in [2.45, 2.75) is 19.6 Å². The maximum absolute atomic E-state index is 13.1. The van der Waals surface area contributed by atoms with Crippen LogP contribution < -0.4 is 4.74 Å². The van der Waals surface area contributed by atoms with Crippen LogP contribution in [0.1, 0.15) is 21.6 Å². The van der Waals surface area contributed by atoms with Crippen LogP contribution in [0.3, 0.4) is 0 Å². The molecule has 8 heteroatoms. The number of aromatic nitrogens is 3. The molecule has 0 N–H and O–H groups in total. The number of rotatable bonds is 4. The standard InChI is InChI=1S/C24H20F2N4O2/c1-29-22(16-4-2-6-18(13-16)32-24(25)26)19-9-11-30(14-21(19)28-29)23(31)17-7-8-20-15(12-17)5-3-10-27-20/h2-8,10,12-13,24H,9,11,14H2,1H3. The number of fused-ring (bicyclic) bond motifs is 2. The first-order chi connectivity index (χ1) is 15.5. The lowest BCUT2D eigenvalue weighted by Crippen LogP contribution is -2.36. The number of hydrogen-bond acceptors (Lipinski definition) is 4. The molecule has 6 nitrogen and oxygen atoms in total. The third-order valence-electron chi connectivity index (χ3n) is 5.67. The predicted octanol–water partition coefficient (Wildman–Crippen LogP) is 4.44. The molecule has 0 unspecified atom stereocenters. The molecule has 0 saturated heterocycles. The molecule has 162 valence electrons. The van der Waals surface area contributed by atoms with E-state index in [1.165, 1.54) is 6.07 Å². The number of hydrogen-bond donors (Lipinski definition) is 0. The van der Waals surface area contributed by atoms with Crippen molar-refractivity contribution in [3.63, 3.8) is 0 Å². The quantitative estimate of drug-likeness (QED) is 0.477. The summed E-state index contributed by atoms with van der Waals surface area (Å²) in [4.78, 5) is 19.2. The van der Waals surface area contributed by atoms with E-state index in [2.05, 4.69) is 14.8 Å². The highest BCUT2D eigenvalue weighted by Crippen LogP contribution is 2.32. The van der Waals surface area contributed by atoms with Gasteiger partial charge in [-0.2, -0.15) is 13.9 Å². The lowest BCUT2D eigenvalue weighted by atomic mass is 9.99. The van der Waals surface area contributed by atoms with Gasteiger partial charge in [-0.05, 0) is 42.8 Å². The Kier molecular flexibility index (Phi) is 5.05. The number of nitrogens with zero attached hydrogens (tertiary/aromatic N) is 4. The van der Waals surface area contributed by atoms with E-state index in [9.17, 15) is 13.6 Å². The second kappa shape index (κ2) is 8.03. The van der Waals surface area contributed by atoms with Crippen molar-refractivity contribution < 1.29 is 18.3 Å². The van der Waals surface area contributed by atoms with Crippen molar-refractivity contribution in [1.82, 2.24) is 19.7 Å². The minimum Gasteiger partial charge on any atom is -0.435 e. The SMILES string of the molecule is Cn1nc2c(c1-c1cccc(OC(F)F)c1)CCN(C(=O)c1ccc3ncccc3c1)C2. The third-order valence-corrected chi connectivity index (χ3v) is 5.67. The largest absolute Gasteiger partial charge is 0.435 e. The molecule has 5 rings (SSSR count). The van der Waals surface area contributed by atoms with Crippen LogP contribution in [-0.4, -0.2) is 38.7 Å². The Hall–Kier alpha value is -3.81. The van der Waals surface area contributed by atoms with Crippen LogP contribution in [0.25, 0.3) is 22.2 Å². The molecule has 0 atom stereocenters. The van der Waals surface area contributed by atoms with Crippen molar-refractivity contribution in [3.8, 4) is 17.0 Å². The number of halogens is 2. The van der Waals surface area contributed by atoms with Gasteiger partial charge in [-0.1, -0.05) is 18.2 Å². The second-order valence-electron chi connectivity index (χ2n) is 7.69. The molecule has 1 aliphatic heterocycles. The predicted molar refractivity (Wildman–Crippen MR) is 115 cm³/mol. The van der Waals surface area contributed by atoms with E-state index in [-0.39, 0.29) is 11.7 Å². The van der Waals surface area contributed by atoms with Gasteiger partial charge in [0.1, 0.15) is 5.75 Å². The monoisotopic (exact) mass is 434 g/mol. The maximum atomic E-state index is 13.1. The number of aryl methyl sites for hydroxylation is 1. The number of pyridine rings is 1. The summed E-state index contributed by atoms with van der Waals surface area (Å²) in [6, 6.07) is 15.9. The molecule has 2 aromatic heterocycles. The lowest BCUT2D eigenvalue weighted by Gasteiger charge is -2.27. The summed E-state index contributed by atoms with van der Waals surface area (Å²) in [6.07, 6.45) is 2.35. The molecule has 1 amide bonds. The first kappa shape index (κ1) is 20.1. The Morgan fingerprint density at radius 1 is 1.12 bits per heavy atom. The molecule has 0 bridgehead atoms. The smallest absolute Gasteiger partial charge is 0.387 e. The average molecular weight is 434 g/mol. The fourth-order valence-electron chi connectivity index (χ4n) is 4.26. The fraction of sp³-hybridized carbons (Fsp3) is 0.208. The highest BCUT2D eigenvalue weighted by atomic mass is 19.3. The topological polar surface area (TPSA) is 60.2 Å². The summed E-state index contributed by atoms with van der Waals surface area (Å²) >= 11 is 0. The molecule has 4 aromatic rings. The molecule has 2 aromatic carbocycles. The molecule has 0 spiro atoms. The van der Waals surface area contributed by atoms with Crippen LogP contribution in [0.15, 0.2) is 60.8 Å². The number of ether oxygens (including phenoxy) is 1. The summed E-state index contributed by atoms with van der Waals surface area (Å²) in [7, 11) is 1.82. The van der Waals surface area contributed by atoms with Crippen LogP contribution in [0.4, 0.5) is 8.78 Å². The van der Waals surface area contributed by atoms with Gasteiger partial charge in [0.2, 0.25) is 0 Å². The molecule has 3 heterocycles. The first-order valence-electron chi connectivity index (χ1n) is 10.2. The van der Waals surface area contributed by atoms with Crippen LogP contribution in [0, 0.1) is 0 Å². The van der Waals surface area contributed by atoms with Gasteiger partial charge in [-0.25, -0.2) is 0 Å². The number of amides is 1. The van der Waals surface area contributed by atoms with Crippen LogP contribution in [0.2, 0.25) is 0 Å². The average Bonchev–Trinajstić information content (AvgIpc) is 3.12. The van der Waals surface area contributed by atoms with Gasteiger partial charge in [0.25, 0.3) is 5.91 Å². The van der Waals surface area contributed by atoms with E-state index in [1.807, 2.05) is 37.4 Å². The van der Waals surface area contributed by atoms with Crippen molar-refractivity contribution in [3.05, 3.63) is 77.6 Å². The van der Waals surface area contributed by atoms with E-state index in [0.717, 1.165) is 33.4 Å². The van der Waals surface area contributed by atoms with Gasteiger partial charge in [0.05, 0.1) is 23.4 Å². The molecular weight excluding hydrogens is 414 g/mol. The number of alkyl halides is 2. The van der Waals surface area contributed by atoms with Gasteiger partial charge >= 0.3 is 6.61 Å². The Bertz CT molecular complexity index is 1320. The molecule has 0 fully saturated rings. The zero-order valence-electron chi connectivity index (χ0n) is 17.3. The Labute approximate surface area is 183 Å². The van der Waals surface area contributed by atoms with Gasteiger partial charge in [-0.15, -0.1) is 0 Å². The van der Waals surface area contributed by atoms with Gasteiger partial charge in [-0.3, -0.25) is 14.5 Å². The van der Waals surface area contributed by atoms with Crippen molar-refractivity contribution in [2.24, 2.45) is 7.05 Å². The van der Waals surface area contributed by atoms with Crippen molar-refractivity contribution in [2.75, 3.05) is 6.54 Å². The second-order valence-corrected chi connectivity index (χ2v) is 7.69. The highest BCUT2D eigenvalue weighted by molar-refractivity contribution is 5.98. The first-order valence-corrected chi connectivity index (χ1v) is 10.2. The summed E-state index contributed by atoms with van der Waals surface area (Å²) in [5.41, 5.74) is 4.89. The molecule has 0 radical (unpaired) electrons. The third kappa shape index (κ3) is 3.68. The lowest BCUT2D eigenvalue weighted by molar-refractivity contribution is -0.0498. The van der Waals surface area contributed by atoms with Crippen molar-refractivity contribution >= 4 is 16.8 Å². The van der Waals surface area contributed by atoms with E-state index < -0.39 is 6.61 Å². The zero-order chi connectivity index (χ0) is 22.2. The van der Waals surface area contributed by atoms with Gasteiger partial charge in [0, 0.05) is 41.9 Å². The van der Waals surface area contributed by atoms with E-state index in [1.54, 1.807) is 34.0 Å². The highest BCUT2D eigenvalue weighted by Gasteiger charge is 2.28.